The second-order valence-corrected chi connectivity index (χ2v) is 5.65. The van der Waals surface area contributed by atoms with E-state index in [9.17, 15) is 0 Å². The predicted molar refractivity (Wildman–Crippen MR) is 83.5 cm³/mol. The maximum absolute atomic E-state index is 6.21. The predicted octanol–water partition coefficient (Wildman–Crippen LogP) is 6.63. The Bertz CT molecular complexity index is 639. The molecule has 0 saturated carbocycles. The molecule has 0 saturated heterocycles. The first-order chi connectivity index (χ1) is 8.95. The molecule has 0 N–H and O–H groups in total. The highest BCUT2D eigenvalue weighted by Gasteiger charge is 2.16. The molecular weight excluding hydrogens is 349 g/mol. The molecule has 0 atom stereocenters. The highest BCUT2D eigenvalue weighted by molar-refractivity contribution is 6.50. The van der Waals surface area contributed by atoms with Crippen molar-refractivity contribution in [3.05, 3.63) is 49.4 Å². The number of ether oxygens (including phenoxy) is 1. The first-order valence-corrected chi connectivity index (χ1v) is 7.01. The van der Waals surface area contributed by atoms with Gasteiger partial charge >= 0.3 is 0 Å². The summed E-state index contributed by atoms with van der Waals surface area (Å²) in [6, 6.07) is 6.88. The minimum Gasteiger partial charge on any atom is -0.495 e. The molecule has 0 aliphatic rings. The van der Waals surface area contributed by atoms with Crippen LogP contribution in [0, 0.1) is 0 Å². The summed E-state index contributed by atoms with van der Waals surface area (Å²) in [7, 11) is 1.50. The van der Waals surface area contributed by atoms with E-state index in [-0.39, 0.29) is 10.0 Å². The van der Waals surface area contributed by atoms with Gasteiger partial charge in [0.2, 0.25) is 0 Å². The van der Waals surface area contributed by atoms with Crippen molar-refractivity contribution in [2.45, 2.75) is 0 Å². The van der Waals surface area contributed by atoms with Crippen LogP contribution in [0.25, 0.3) is 11.1 Å². The van der Waals surface area contributed by atoms with Crippen molar-refractivity contribution in [2.75, 3.05) is 7.11 Å². The molecule has 0 aromatic heterocycles. The van der Waals surface area contributed by atoms with E-state index in [1.807, 2.05) is 0 Å². The average Bonchev–Trinajstić information content (AvgIpc) is 2.40. The molecule has 19 heavy (non-hydrogen) atoms. The maximum Gasteiger partial charge on any atom is 0.139 e. The molecular formula is C13H7Cl5O. The van der Waals surface area contributed by atoms with E-state index in [1.165, 1.54) is 7.11 Å². The number of rotatable bonds is 2. The topological polar surface area (TPSA) is 9.23 Å². The lowest BCUT2D eigenvalue weighted by Crippen LogP contribution is -1.89. The zero-order valence-electron chi connectivity index (χ0n) is 9.61. The van der Waals surface area contributed by atoms with Crippen LogP contribution < -0.4 is 4.74 Å². The second-order valence-electron chi connectivity index (χ2n) is 3.70. The molecule has 0 radical (unpaired) electrons. The average molecular weight is 356 g/mol. The SMILES string of the molecule is COc1cc(-c2ccc(Cl)c(Cl)c2)c(Cl)c(Cl)c1Cl. The van der Waals surface area contributed by atoms with E-state index in [4.69, 9.17) is 62.7 Å². The lowest BCUT2D eigenvalue weighted by Gasteiger charge is -2.12. The fourth-order valence-electron chi connectivity index (χ4n) is 1.60. The van der Waals surface area contributed by atoms with Crippen molar-refractivity contribution >= 4 is 58.0 Å². The first kappa shape index (κ1) is 15.1. The summed E-state index contributed by atoms with van der Waals surface area (Å²) >= 11 is 30.2. The molecule has 0 fully saturated rings. The van der Waals surface area contributed by atoms with Crippen LogP contribution in [0.1, 0.15) is 0 Å². The van der Waals surface area contributed by atoms with Crippen molar-refractivity contribution in [1.82, 2.24) is 0 Å². The molecule has 0 unspecified atom stereocenters. The van der Waals surface area contributed by atoms with Gasteiger partial charge in [-0.25, -0.2) is 0 Å². The van der Waals surface area contributed by atoms with E-state index in [1.54, 1.807) is 24.3 Å². The van der Waals surface area contributed by atoms with Crippen LogP contribution in [0.3, 0.4) is 0 Å². The van der Waals surface area contributed by atoms with Crippen LogP contribution in [-0.4, -0.2) is 7.11 Å². The molecule has 0 aliphatic heterocycles. The van der Waals surface area contributed by atoms with Gasteiger partial charge in [0.25, 0.3) is 0 Å². The van der Waals surface area contributed by atoms with Gasteiger partial charge in [0, 0.05) is 5.56 Å². The van der Waals surface area contributed by atoms with Crippen molar-refractivity contribution in [3.8, 4) is 16.9 Å². The van der Waals surface area contributed by atoms with Gasteiger partial charge in [-0.15, -0.1) is 0 Å². The number of methoxy groups -OCH3 is 1. The third-order valence-electron chi connectivity index (χ3n) is 2.56. The summed E-state index contributed by atoms with van der Waals surface area (Å²) in [5, 5.41) is 1.75. The fourth-order valence-corrected chi connectivity index (χ4v) is 2.63. The zero-order chi connectivity index (χ0) is 14.2. The Morgan fingerprint density at radius 1 is 0.789 bits per heavy atom. The summed E-state index contributed by atoms with van der Waals surface area (Å²) in [5.74, 6) is 0.442. The van der Waals surface area contributed by atoms with E-state index in [0.717, 1.165) is 5.56 Å². The molecule has 0 spiro atoms. The van der Waals surface area contributed by atoms with Gasteiger partial charge in [-0.2, -0.15) is 0 Å². The standard InChI is InChI=1S/C13H7Cl5O/c1-19-10-5-7(11(16)13(18)12(10)17)6-2-3-8(14)9(15)4-6/h2-5H,1H3. The van der Waals surface area contributed by atoms with E-state index in [0.29, 0.717) is 26.4 Å². The second kappa shape index (κ2) is 5.99. The van der Waals surface area contributed by atoms with Crippen molar-refractivity contribution < 1.29 is 4.74 Å². The van der Waals surface area contributed by atoms with E-state index < -0.39 is 0 Å². The molecule has 0 amide bonds. The molecule has 1 nitrogen and oxygen atoms in total. The molecule has 0 heterocycles. The van der Waals surface area contributed by atoms with E-state index in [2.05, 4.69) is 0 Å². The number of hydrogen-bond acceptors (Lipinski definition) is 1. The van der Waals surface area contributed by atoms with Crippen LogP contribution in [-0.2, 0) is 0 Å². The minimum atomic E-state index is 0.240. The lowest BCUT2D eigenvalue weighted by atomic mass is 10.1. The van der Waals surface area contributed by atoms with E-state index >= 15 is 0 Å². The summed E-state index contributed by atoms with van der Waals surface area (Å²) in [6.07, 6.45) is 0. The van der Waals surface area contributed by atoms with Crippen molar-refractivity contribution in [1.29, 1.82) is 0 Å². The maximum atomic E-state index is 6.21. The van der Waals surface area contributed by atoms with Gasteiger partial charge in [-0.1, -0.05) is 64.1 Å². The highest BCUT2D eigenvalue weighted by atomic mass is 35.5. The number of halogens is 5. The Balaban J connectivity index is 2.68. The van der Waals surface area contributed by atoms with Crippen LogP contribution in [0.15, 0.2) is 24.3 Å². The number of hydrogen-bond donors (Lipinski definition) is 0. The molecule has 2 aromatic carbocycles. The Morgan fingerprint density at radius 3 is 2.05 bits per heavy atom. The Hall–Kier alpha value is -0.310. The molecule has 0 aliphatic carbocycles. The summed E-state index contributed by atoms with van der Waals surface area (Å²) in [4.78, 5) is 0. The molecule has 2 aromatic rings. The highest BCUT2D eigenvalue weighted by Crippen LogP contribution is 2.44. The molecule has 0 bridgehead atoms. The van der Waals surface area contributed by atoms with Gasteiger partial charge < -0.3 is 4.74 Å². The zero-order valence-corrected chi connectivity index (χ0v) is 13.4. The minimum absolute atomic E-state index is 0.240. The fraction of sp³-hybridized carbons (Fsp3) is 0.0769. The largest absolute Gasteiger partial charge is 0.495 e. The lowest BCUT2D eigenvalue weighted by molar-refractivity contribution is 0.415. The summed E-state index contributed by atoms with van der Waals surface area (Å²) < 4.78 is 5.16. The monoisotopic (exact) mass is 354 g/mol. The Labute approximate surface area is 135 Å². The van der Waals surface area contributed by atoms with Gasteiger partial charge in [0.15, 0.2) is 0 Å². The number of benzene rings is 2. The van der Waals surface area contributed by atoms with Crippen molar-refractivity contribution in [2.24, 2.45) is 0 Å². The van der Waals surface area contributed by atoms with Gasteiger partial charge in [-0.3, -0.25) is 0 Å². The Kier molecular flexibility index (Phi) is 4.75. The summed E-state index contributed by atoms with van der Waals surface area (Å²) in [6.45, 7) is 0. The normalized spacial score (nSPS) is 10.6. The van der Waals surface area contributed by atoms with Gasteiger partial charge in [0.1, 0.15) is 10.8 Å². The van der Waals surface area contributed by atoms with Crippen LogP contribution in [0.4, 0.5) is 0 Å². The van der Waals surface area contributed by atoms with Crippen LogP contribution in [0.5, 0.6) is 5.75 Å². The Morgan fingerprint density at radius 2 is 1.47 bits per heavy atom. The van der Waals surface area contributed by atoms with Crippen LogP contribution >= 0.6 is 58.0 Å². The molecule has 100 valence electrons. The third kappa shape index (κ3) is 2.91. The smallest absolute Gasteiger partial charge is 0.139 e. The first-order valence-electron chi connectivity index (χ1n) is 5.12. The van der Waals surface area contributed by atoms with Gasteiger partial charge in [-0.05, 0) is 23.8 Å². The quantitative estimate of drug-likeness (QED) is 0.549. The van der Waals surface area contributed by atoms with Crippen molar-refractivity contribution in [3.63, 3.8) is 0 Å². The van der Waals surface area contributed by atoms with Gasteiger partial charge in [0.05, 0.1) is 27.2 Å². The molecule has 2 rings (SSSR count). The third-order valence-corrected chi connectivity index (χ3v) is 4.64. The molecule has 6 heteroatoms. The van der Waals surface area contributed by atoms with Crippen LogP contribution in [0.2, 0.25) is 25.1 Å². The summed E-state index contributed by atoms with van der Waals surface area (Å²) in [5.41, 5.74) is 1.45.